The maximum atomic E-state index is 12.4. The van der Waals surface area contributed by atoms with Gasteiger partial charge in [0.1, 0.15) is 5.76 Å². The van der Waals surface area contributed by atoms with Gasteiger partial charge < -0.3 is 15.2 Å². The van der Waals surface area contributed by atoms with Crippen LogP contribution in [-0.4, -0.2) is 23.5 Å². The molecule has 0 aliphatic heterocycles. The minimum Gasteiger partial charge on any atom is -0.360 e. The summed E-state index contributed by atoms with van der Waals surface area (Å²) in [6.45, 7) is 2.52. The Bertz CT molecular complexity index is 657. The van der Waals surface area contributed by atoms with Crippen molar-refractivity contribution in [3.8, 4) is 0 Å². The van der Waals surface area contributed by atoms with Crippen LogP contribution in [0, 0.1) is 18.8 Å². The van der Waals surface area contributed by atoms with E-state index in [2.05, 4.69) is 21.9 Å². The zero-order valence-electron chi connectivity index (χ0n) is 15.6. The average Bonchev–Trinajstić information content (AvgIpc) is 3.07. The predicted octanol–water partition coefficient (Wildman–Crippen LogP) is 3.73. The number of hydrogen-bond donors (Lipinski definition) is 2. The minimum atomic E-state index is -0.0524. The number of nitrogens with zero attached hydrogens (tertiary/aromatic N) is 1. The van der Waals surface area contributed by atoms with Crippen LogP contribution in [0.5, 0.6) is 0 Å². The second-order valence-corrected chi connectivity index (χ2v) is 7.51. The van der Waals surface area contributed by atoms with E-state index in [1.165, 1.54) is 31.3 Å². The van der Waals surface area contributed by atoms with Gasteiger partial charge in [0.2, 0.25) is 11.8 Å². The highest BCUT2D eigenvalue weighted by Gasteiger charge is 2.30. The first-order chi connectivity index (χ1) is 12.6. The van der Waals surface area contributed by atoms with E-state index in [4.69, 9.17) is 4.52 Å². The molecule has 0 bridgehead atoms. The van der Waals surface area contributed by atoms with E-state index in [1.54, 1.807) is 13.0 Å². The maximum absolute atomic E-state index is 12.4. The summed E-state index contributed by atoms with van der Waals surface area (Å²) in [6, 6.07) is 1.71. The van der Waals surface area contributed by atoms with Gasteiger partial charge in [0.05, 0.1) is 0 Å². The molecule has 2 aliphatic carbocycles. The van der Waals surface area contributed by atoms with Crippen molar-refractivity contribution >= 4 is 17.6 Å². The highest BCUT2D eigenvalue weighted by molar-refractivity contribution is 5.91. The van der Waals surface area contributed by atoms with Crippen molar-refractivity contribution in [2.24, 2.45) is 11.8 Å². The molecule has 0 unspecified atom stereocenters. The number of allylic oxidation sites excluding steroid dienone is 1. The smallest absolute Gasteiger partial charge is 0.228 e. The summed E-state index contributed by atoms with van der Waals surface area (Å²) in [4.78, 5) is 24.7. The molecule has 0 aromatic carbocycles. The quantitative estimate of drug-likeness (QED) is 0.758. The lowest BCUT2D eigenvalue weighted by atomic mass is 9.81. The lowest BCUT2D eigenvalue weighted by molar-refractivity contribution is -0.128. The van der Waals surface area contributed by atoms with Gasteiger partial charge in [-0.25, -0.2) is 0 Å². The second-order valence-electron chi connectivity index (χ2n) is 7.51. The van der Waals surface area contributed by atoms with E-state index in [0.29, 0.717) is 11.6 Å². The van der Waals surface area contributed by atoms with Crippen LogP contribution in [0.3, 0.4) is 0 Å². The number of nitrogens with one attached hydrogen (secondary N) is 2. The van der Waals surface area contributed by atoms with Crippen molar-refractivity contribution in [3.63, 3.8) is 0 Å². The number of amides is 2. The van der Waals surface area contributed by atoms with Gasteiger partial charge in [-0.05, 0) is 64.7 Å². The van der Waals surface area contributed by atoms with Gasteiger partial charge in [-0.2, -0.15) is 0 Å². The standard InChI is InChI=1S/C20H29N3O3/c1-14-13-18(23-26-14)22-20(25)17-9-7-16(8-10-17)19(24)21-12-11-15-5-3-2-4-6-15/h5,13,16-17H,2-4,6-12H2,1H3,(H,21,24)(H,22,23,25). The van der Waals surface area contributed by atoms with Crippen LogP contribution in [0.25, 0.3) is 0 Å². The molecule has 1 fully saturated rings. The Morgan fingerprint density at radius 2 is 1.88 bits per heavy atom. The summed E-state index contributed by atoms with van der Waals surface area (Å²) in [6.07, 6.45) is 11.3. The van der Waals surface area contributed by atoms with Crippen LogP contribution in [0.4, 0.5) is 5.82 Å². The lowest BCUT2D eigenvalue weighted by Crippen LogP contribution is -2.36. The van der Waals surface area contributed by atoms with Gasteiger partial charge in [0.15, 0.2) is 5.82 Å². The molecular weight excluding hydrogens is 330 g/mol. The average molecular weight is 359 g/mol. The van der Waals surface area contributed by atoms with E-state index in [9.17, 15) is 9.59 Å². The van der Waals surface area contributed by atoms with Crippen molar-refractivity contribution in [1.82, 2.24) is 10.5 Å². The summed E-state index contributed by atoms with van der Waals surface area (Å²) in [5.74, 6) is 1.24. The fourth-order valence-corrected chi connectivity index (χ4v) is 3.89. The molecule has 1 heterocycles. The van der Waals surface area contributed by atoms with Gasteiger partial charge in [0, 0.05) is 24.4 Å². The summed E-state index contributed by atoms with van der Waals surface area (Å²) < 4.78 is 4.96. The number of anilines is 1. The second kappa shape index (κ2) is 9.01. The van der Waals surface area contributed by atoms with Gasteiger partial charge in [-0.3, -0.25) is 9.59 Å². The van der Waals surface area contributed by atoms with Crippen LogP contribution >= 0.6 is 0 Å². The van der Waals surface area contributed by atoms with Crippen molar-refractivity contribution in [2.45, 2.75) is 64.7 Å². The maximum Gasteiger partial charge on any atom is 0.228 e. The molecule has 0 saturated heterocycles. The largest absolute Gasteiger partial charge is 0.360 e. The first-order valence-corrected chi connectivity index (χ1v) is 9.81. The van der Waals surface area contributed by atoms with Crippen molar-refractivity contribution in [1.29, 1.82) is 0 Å². The molecule has 0 radical (unpaired) electrons. The monoisotopic (exact) mass is 359 g/mol. The first kappa shape index (κ1) is 18.7. The van der Waals surface area contributed by atoms with Gasteiger partial charge in [-0.15, -0.1) is 0 Å². The van der Waals surface area contributed by atoms with Gasteiger partial charge >= 0.3 is 0 Å². The molecule has 142 valence electrons. The molecule has 1 aromatic heterocycles. The molecular formula is C20H29N3O3. The lowest BCUT2D eigenvalue weighted by Gasteiger charge is -2.26. The predicted molar refractivity (Wildman–Crippen MR) is 99.5 cm³/mol. The zero-order chi connectivity index (χ0) is 18.4. The summed E-state index contributed by atoms with van der Waals surface area (Å²) in [5, 5.41) is 9.67. The first-order valence-electron chi connectivity index (χ1n) is 9.81. The third-order valence-corrected chi connectivity index (χ3v) is 5.48. The normalized spacial score (nSPS) is 23.2. The Balaban J connectivity index is 1.36. The number of aryl methyl sites for hydroxylation is 1. The molecule has 0 atom stereocenters. The van der Waals surface area contributed by atoms with Crippen LogP contribution in [0.2, 0.25) is 0 Å². The Labute approximate surface area is 154 Å². The molecule has 6 nitrogen and oxygen atoms in total. The molecule has 2 N–H and O–H groups in total. The topological polar surface area (TPSA) is 84.2 Å². The highest BCUT2D eigenvalue weighted by atomic mass is 16.5. The fourth-order valence-electron chi connectivity index (χ4n) is 3.89. The van der Waals surface area contributed by atoms with Crippen LogP contribution in [0.1, 0.15) is 63.5 Å². The summed E-state index contributed by atoms with van der Waals surface area (Å²) in [7, 11) is 0. The van der Waals surface area contributed by atoms with Crippen molar-refractivity contribution < 1.29 is 14.1 Å². The third-order valence-electron chi connectivity index (χ3n) is 5.48. The zero-order valence-corrected chi connectivity index (χ0v) is 15.6. The molecule has 2 amide bonds. The Morgan fingerprint density at radius 1 is 1.15 bits per heavy atom. The SMILES string of the molecule is Cc1cc(NC(=O)C2CCC(C(=O)NCCC3=CCCCC3)CC2)no1. The summed E-state index contributed by atoms with van der Waals surface area (Å²) >= 11 is 0. The number of carbonyl (C=O) groups is 2. The molecule has 1 saturated carbocycles. The molecule has 0 spiro atoms. The number of carbonyl (C=O) groups excluding carboxylic acids is 2. The van der Waals surface area contributed by atoms with Crippen molar-refractivity contribution in [2.75, 3.05) is 11.9 Å². The Kier molecular flexibility index (Phi) is 6.47. The molecule has 2 aliphatic rings. The Hall–Kier alpha value is -2.11. The van der Waals surface area contributed by atoms with E-state index in [0.717, 1.165) is 38.6 Å². The van der Waals surface area contributed by atoms with Gasteiger partial charge in [0.25, 0.3) is 0 Å². The summed E-state index contributed by atoms with van der Waals surface area (Å²) in [5.41, 5.74) is 1.49. The molecule has 26 heavy (non-hydrogen) atoms. The van der Waals surface area contributed by atoms with Crippen LogP contribution < -0.4 is 10.6 Å². The number of hydrogen-bond acceptors (Lipinski definition) is 4. The fraction of sp³-hybridized carbons (Fsp3) is 0.650. The number of aromatic nitrogens is 1. The molecule has 1 aromatic rings. The third kappa shape index (κ3) is 5.19. The number of rotatable bonds is 6. The van der Waals surface area contributed by atoms with E-state index in [1.807, 2.05) is 0 Å². The molecule has 6 heteroatoms. The molecule has 3 rings (SSSR count). The van der Waals surface area contributed by atoms with E-state index < -0.39 is 0 Å². The van der Waals surface area contributed by atoms with E-state index >= 15 is 0 Å². The van der Waals surface area contributed by atoms with E-state index in [-0.39, 0.29) is 23.7 Å². The Morgan fingerprint density at radius 3 is 2.50 bits per heavy atom. The van der Waals surface area contributed by atoms with Crippen LogP contribution in [0.15, 0.2) is 22.2 Å². The minimum absolute atomic E-state index is 0.0265. The van der Waals surface area contributed by atoms with Crippen molar-refractivity contribution in [3.05, 3.63) is 23.5 Å². The van der Waals surface area contributed by atoms with Crippen LogP contribution in [-0.2, 0) is 9.59 Å². The van der Waals surface area contributed by atoms with Gasteiger partial charge in [-0.1, -0.05) is 16.8 Å². The highest BCUT2D eigenvalue weighted by Crippen LogP contribution is 2.30.